The molecule has 1 spiro atoms. The molecule has 1 amide bonds. The third-order valence-corrected chi connectivity index (χ3v) is 4.68. The Hall–Kier alpha value is -1.78. The van der Waals surface area contributed by atoms with Gasteiger partial charge in [-0.15, -0.1) is 0 Å². The van der Waals surface area contributed by atoms with Crippen LogP contribution in [0.3, 0.4) is 0 Å². The summed E-state index contributed by atoms with van der Waals surface area (Å²) < 4.78 is 19.4. The number of nitrogens with two attached hydrogens (primary N) is 1. The largest absolute Gasteiger partial charge is 0.475 e. The lowest BCUT2D eigenvalue weighted by molar-refractivity contribution is -0.128. The normalized spacial score (nSPS) is 23.2. The first-order valence-corrected chi connectivity index (χ1v) is 7.19. The number of fused-ring (bicyclic) bond motifs is 1. The molecule has 0 bridgehead atoms. The van der Waals surface area contributed by atoms with Crippen molar-refractivity contribution in [3.05, 3.63) is 17.9 Å². The standard InChI is InChI=1S/C15H17FN2O2/c16-10-6-13-12(7-11(10)17)18(8-9-2-1-3-9)14(19)15(20-13)4-5-15/h6-7,9H,1-5,8,17H2. The maximum Gasteiger partial charge on any atom is 0.271 e. The van der Waals surface area contributed by atoms with Crippen LogP contribution < -0.4 is 15.4 Å². The van der Waals surface area contributed by atoms with E-state index in [1.807, 2.05) is 0 Å². The Bertz CT molecular complexity index is 594. The predicted octanol–water partition coefficient (Wildman–Crippen LogP) is 2.47. The molecule has 0 saturated heterocycles. The highest BCUT2D eigenvalue weighted by Crippen LogP contribution is 2.50. The second kappa shape index (κ2) is 3.87. The zero-order valence-corrected chi connectivity index (χ0v) is 11.2. The minimum atomic E-state index is -0.723. The van der Waals surface area contributed by atoms with E-state index in [2.05, 4.69) is 0 Å². The van der Waals surface area contributed by atoms with E-state index in [0.717, 1.165) is 25.7 Å². The number of carbonyl (C=O) groups is 1. The van der Waals surface area contributed by atoms with Crippen molar-refractivity contribution >= 4 is 17.3 Å². The summed E-state index contributed by atoms with van der Waals surface area (Å²) in [6, 6.07) is 2.83. The van der Waals surface area contributed by atoms with Gasteiger partial charge >= 0.3 is 0 Å². The number of carbonyl (C=O) groups excluding carboxylic acids is 1. The highest BCUT2D eigenvalue weighted by atomic mass is 19.1. The maximum atomic E-state index is 13.6. The van der Waals surface area contributed by atoms with Gasteiger partial charge in [-0.3, -0.25) is 4.79 Å². The summed E-state index contributed by atoms with van der Waals surface area (Å²) in [6.07, 6.45) is 4.98. The average Bonchev–Trinajstić information content (AvgIpc) is 3.12. The number of rotatable bonds is 2. The minimum absolute atomic E-state index is 0.0166. The Kier molecular flexibility index (Phi) is 2.32. The van der Waals surface area contributed by atoms with Crippen LogP contribution in [0.15, 0.2) is 12.1 Å². The summed E-state index contributed by atoms with van der Waals surface area (Å²) in [5.41, 5.74) is 5.60. The molecule has 5 heteroatoms. The first-order chi connectivity index (χ1) is 9.59. The molecule has 20 heavy (non-hydrogen) atoms. The van der Waals surface area contributed by atoms with Crippen LogP contribution in [-0.2, 0) is 4.79 Å². The van der Waals surface area contributed by atoms with E-state index in [9.17, 15) is 9.18 Å². The highest BCUT2D eigenvalue weighted by molar-refractivity contribution is 6.05. The van der Waals surface area contributed by atoms with Crippen molar-refractivity contribution in [2.45, 2.75) is 37.7 Å². The van der Waals surface area contributed by atoms with Crippen LogP contribution >= 0.6 is 0 Å². The highest BCUT2D eigenvalue weighted by Gasteiger charge is 2.58. The predicted molar refractivity (Wildman–Crippen MR) is 73.1 cm³/mol. The Labute approximate surface area is 116 Å². The molecule has 3 aliphatic rings. The van der Waals surface area contributed by atoms with Gasteiger partial charge in [0.1, 0.15) is 11.6 Å². The molecular formula is C15H17FN2O2. The first kappa shape index (κ1) is 12.0. The van der Waals surface area contributed by atoms with Gasteiger partial charge in [-0.1, -0.05) is 6.42 Å². The van der Waals surface area contributed by atoms with Crippen LogP contribution in [0, 0.1) is 11.7 Å². The lowest BCUT2D eigenvalue weighted by atomic mass is 9.84. The molecular weight excluding hydrogens is 259 g/mol. The van der Waals surface area contributed by atoms with E-state index in [4.69, 9.17) is 10.5 Å². The van der Waals surface area contributed by atoms with Crippen LogP contribution in [0.1, 0.15) is 32.1 Å². The van der Waals surface area contributed by atoms with Crippen LogP contribution in [0.25, 0.3) is 0 Å². The second-order valence-electron chi connectivity index (χ2n) is 6.15. The first-order valence-electron chi connectivity index (χ1n) is 7.19. The van der Waals surface area contributed by atoms with Crippen LogP contribution in [-0.4, -0.2) is 18.1 Å². The smallest absolute Gasteiger partial charge is 0.271 e. The van der Waals surface area contributed by atoms with Gasteiger partial charge in [0.05, 0.1) is 11.4 Å². The number of anilines is 2. The van der Waals surface area contributed by atoms with Crippen molar-refractivity contribution in [1.82, 2.24) is 0 Å². The topological polar surface area (TPSA) is 55.6 Å². The quantitative estimate of drug-likeness (QED) is 0.844. The number of nitrogens with zero attached hydrogens (tertiary/aromatic N) is 1. The van der Waals surface area contributed by atoms with Gasteiger partial charge in [0.15, 0.2) is 5.60 Å². The Morgan fingerprint density at radius 1 is 1.40 bits per heavy atom. The molecule has 1 aliphatic heterocycles. The number of amides is 1. The summed E-state index contributed by atoms with van der Waals surface area (Å²) in [5, 5.41) is 0. The van der Waals surface area contributed by atoms with Crippen molar-refractivity contribution in [3.63, 3.8) is 0 Å². The molecule has 1 heterocycles. The van der Waals surface area contributed by atoms with Crippen molar-refractivity contribution < 1.29 is 13.9 Å². The molecule has 0 aromatic heterocycles. The lowest BCUT2D eigenvalue weighted by Crippen LogP contribution is -2.50. The summed E-state index contributed by atoms with van der Waals surface area (Å²) in [7, 11) is 0. The fraction of sp³-hybridized carbons (Fsp3) is 0.533. The van der Waals surface area contributed by atoms with E-state index in [1.54, 1.807) is 4.90 Å². The average molecular weight is 276 g/mol. The van der Waals surface area contributed by atoms with E-state index in [0.29, 0.717) is 23.9 Å². The van der Waals surface area contributed by atoms with Crippen molar-refractivity contribution in [3.8, 4) is 5.75 Å². The van der Waals surface area contributed by atoms with Crippen LogP contribution in [0.2, 0.25) is 0 Å². The van der Waals surface area contributed by atoms with Gasteiger partial charge in [0.2, 0.25) is 0 Å². The Morgan fingerprint density at radius 3 is 2.75 bits per heavy atom. The van der Waals surface area contributed by atoms with Crippen LogP contribution in [0.4, 0.5) is 15.8 Å². The molecule has 2 N–H and O–H groups in total. The zero-order chi connectivity index (χ0) is 13.9. The summed E-state index contributed by atoms with van der Waals surface area (Å²) in [5.74, 6) is 0.528. The number of hydrogen-bond donors (Lipinski definition) is 1. The second-order valence-corrected chi connectivity index (χ2v) is 6.15. The summed E-state index contributed by atoms with van der Waals surface area (Å²) in [4.78, 5) is 14.4. The number of ether oxygens (including phenoxy) is 1. The molecule has 0 radical (unpaired) electrons. The van der Waals surface area contributed by atoms with Crippen molar-refractivity contribution in [2.24, 2.45) is 5.92 Å². The fourth-order valence-electron chi connectivity index (χ4n) is 3.01. The van der Waals surface area contributed by atoms with Gasteiger partial charge in [-0.05, 0) is 24.8 Å². The van der Waals surface area contributed by atoms with Gasteiger partial charge in [0.25, 0.3) is 5.91 Å². The van der Waals surface area contributed by atoms with E-state index in [-0.39, 0.29) is 11.6 Å². The van der Waals surface area contributed by atoms with E-state index >= 15 is 0 Å². The fourth-order valence-corrected chi connectivity index (χ4v) is 3.01. The summed E-state index contributed by atoms with van der Waals surface area (Å²) in [6.45, 7) is 0.696. The summed E-state index contributed by atoms with van der Waals surface area (Å²) >= 11 is 0. The maximum absolute atomic E-state index is 13.6. The molecule has 0 atom stereocenters. The lowest BCUT2D eigenvalue weighted by Gasteiger charge is -2.38. The number of hydrogen-bond acceptors (Lipinski definition) is 3. The SMILES string of the molecule is Nc1cc2c(cc1F)OC1(CC1)C(=O)N2CC1CCC1. The zero-order valence-electron chi connectivity index (χ0n) is 11.2. The molecule has 2 fully saturated rings. The molecule has 2 aliphatic carbocycles. The molecule has 1 aromatic carbocycles. The molecule has 4 nitrogen and oxygen atoms in total. The van der Waals surface area contributed by atoms with Crippen LogP contribution in [0.5, 0.6) is 5.75 Å². The Balaban J connectivity index is 1.76. The molecule has 0 unspecified atom stereocenters. The number of benzene rings is 1. The van der Waals surface area contributed by atoms with E-state index < -0.39 is 11.4 Å². The molecule has 1 aromatic rings. The van der Waals surface area contributed by atoms with Crippen molar-refractivity contribution in [1.29, 1.82) is 0 Å². The van der Waals surface area contributed by atoms with Gasteiger partial charge in [-0.2, -0.15) is 0 Å². The minimum Gasteiger partial charge on any atom is -0.475 e. The monoisotopic (exact) mass is 276 g/mol. The number of halogens is 1. The van der Waals surface area contributed by atoms with Gasteiger partial charge in [0, 0.05) is 25.5 Å². The molecule has 106 valence electrons. The Morgan fingerprint density at radius 2 is 2.15 bits per heavy atom. The third-order valence-electron chi connectivity index (χ3n) is 4.68. The molecule has 2 saturated carbocycles. The van der Waals surface area contributed by atoms with Gasteiger partial charge < -0.3 is 15.4 Å². The number of nitrogen functional groups attached to an aromatic ring is 1. The van der Waals surface area contributed by atoms with E-state index in [1.165, 1.54) is 18.6 Å². The molecule has 4 rings (SSSR count). The van der Waals surface area contributed by atoms with Gasteiger partial charge in [-0.25, -0.2) is 4.39 Å². The third kappa shape index (κ3) is 1.62. The van der Waals surface area contributed by atoms with Crippen molar-refractivity contribution in [2.75, 3.05) is 17.2 Å².